The highest BCUT2D eigenvalue weighted by molar-refractivity contribution is 5.82. The standard InChI is InChI=1S/C25H33N5O4/c1-4-27(2)30(25(33)26-15-20-10-6-5-7-11-20)23-17-28(24(32)18-29(23)19-31)16-21-12-8-9-13-22(14-21)34-3/h5-13,19,23H,4,14-18H2,1-3H3,(H,26,33). The fourth-order valence-corrected chi connectivity index (χ4v) is 3.96. The molecule has 34 heavy (non-hydrogen) atoms. The Bertz CT molecular complexity index is 959. The third-order valence-electron chi connectivity index (χ3n) is 5.96. The van der Waals surface area contributed by atoms with Gasteiger partial charge in [-0.15, -0.1) is 0 Å². The Labute approximate surface area is 200 Å². The van der Waals surface area contributed by atoms with Crippen molar-refractivity contribution in [1.29, 1.82) is 0 Å². The summed E-state index contributed by atoms with van der Waals surface area (Å²) in [4.78, 5) is 41.1. The van der Waals surface area contributed by atoms with Gasteiger partial charge in [0.05, 0.1) is 19.4 Å². The van der Waals surface area contributed by atoms with Gasteiger partial charge in [0.15, 0.2) is 0 Å². The Kier molecular flexibility index (Phi) is 8.86. The Morgan fingerprint density at radius 2 is 1.97 bits per heavy atom. The fourth-order valence-electron chi connectivity index (χ4n) is 3.96. The van der Waals surface area contributed by atoms with Crippen LogP contribution >= 0.6 is 0 Å². The first-order chi connectivity index (χ1) is 16.5. The number of carbonyl (C=O) groups excluding carboxylic acids is 3. The Hall–Kier alpha value is -3.59. The third-order valence-corrected chi connectivity index (χ3v) is 5.96. The first kappa shape index (κ1) is 25.0. The molecular formula is C25H33N5O4. The summed E-state index contributed by atoms with van der Waals surface area (Å²) in [7, 11) is 3.42. The molecule has 1 atom stereocenters. The average Bonchev–Trinajstić information content (AvgIpc) is 3.10. The van der Waals surface area contributed by atoms with Gasteiger partial charge in [0.25, 0.3) is 0 Å². The number of amides is 4. The predicted octanol–water partition coefficient (Wildman–Crippen LogP) is 2.11. The molecule has 182 valence electrons. The second-order valence-electron chi connectivity index (χ2n) is 8.22. The topological polar surface area (TPSA) is 85.4 Å². The minimum absolute atomic E-state index is 0.0930. The van der Waals surface area contributed by atoms with Crippen LogP contribution in [0.3, 0.4) is 0 Å². The van der Waals surface area contributed by atoms with E-state index in [1.165, 1.54) is 9.91 Å². The van der Waals surface area contributed by atoms with Crippen LogP contribution < -0.4 is 5.32 Å². The summed E-state index contributed by atoms with van der Waals surface area (Å²) in [6.07, 6.45) is 8.28. The van der Waals surface area contributed by atoms with E-state index in [2.05, 4.69) is 5.32 Å². The first-order valence-corrected chi connectivity index (χ1v) is 11.4. The molecule has 0 spiro atoms. The van der Waals surface area contributed by atoms with Crippen LogP contribution in [0.2, 0.25) is 0 Å². The second kappa shape index (κ2) is 12.0. The van der Waals surface area contributed by atoms with Gasteiger partial charge in [0, 0.05) is 33.1 Å². The lowest BCUT2D eigenvalue weighted by molar-refractivity contribution is -0.155. The molecule has 0 bridgehead atoms. The lowest BCUT2D eigenvalue weighted by atomic mass is 10.1. The summed E-state index contributed by atoms with van der Waals surface area (Å²) in [6, 6.07) is 9.29. The van der Waals surface area contributed by atoms with Crippen LogP contribution in [0.25, 0.3) is 0 Å². The summed E-state index contributed by atoms with van der Waals surface area (Å²) in [5.41, 5.74) is 1.98. The van der Waals surface area contributed by atoms with Gasteiger partial charge < -0.3 is 19.9 Å². The molecular weight excluding hydrogens is 434 g/mol. The van der Waals surface area contributed by atoms with E-state index in [1.54, 1.807) is 24.1 Å². The Morgan fingerprint density at radius 1 is 1.24 bits per heavy atom. The predicted molar refractivity (Wildman–Crippen MR) is 129 cm³/mol. The molecule has 1 aromatic rings. The summed E-state index contributed by atoms with van der Waals surface area (Å²) >= 11 is 0. The number of hydrogen-bond acceptors (Lipinski definition) is 5. The van der Waals surface area contributed by atoms with Gasteiger partial charge in [-0.25, -0.2) is 14.8 Å². The van der Waals surface area contributed by atoms with E-state index in [4.69, 9.17) is 4.74 Å². The zero-order valence-corrected chi connectivity index (χ0v) is 20.0. The molecule has 1 aliphatic carbocycles. The lowest BCUT2D eigenvalue weighted by Crippen LogP contribution is -2.67. The van der Waals surface area contributed by atoms with Gasteiger partial charge in [-0.3, -0.25) is 9.59 Å². The number of allylic oxidation sites excluding steroid dienone is 5. The number of benzene rings is 1. The molecule has 0 aromatic heterocycles. The van der Waals surface area contributed by atoms with Crippen molar-refractivity contribution in [2.45, 2.75) is 26.1 Å². The molecule has 0 radical (unpaired) electrons. The maximum Gasteiger partial charge on any atom is 0.334 e. The normalized spacial score (nSPS) is 18.2. The van der Waals surface area contributed by atoms with Gasteiger partial charge in [-0.05, 0) is 17.2 Å². The van der Waals surface area contributed by atoms with Crippen molar-refractivity contribution >= 4 is 18.3 Å². The van der Waals surface area contributed by atoms with Crippen LogP contribution in [0.15, 0.2) is 66.0 Å². The third kappa shape index (κ3) is 6.26. The van der Waals surface area contributed by atoms with E-state index >= 15 is 0 Å². The summed E-state index contributed by atoms with van der Waals surface area (Å²) in [5, 5.41) is 6.23. The molecule has 0 saturated carbocycles. The number of hydrazine groups is 1. The summed E-state index contributed by atoms with van der Waals surface area (Å²) in [5.74, 6) is 0.646. The number of nitrogens with one attached hydrogen (secondary N) is 1. The monoisotopic (exact) mass is 467 g/mol. The van der Waals surface area contributed by atoms with Crippen LogP contribution in [0.5, 0.6) is 0 Å². The fraction of sp³-hybridized carbons (Fsp3) is 0.400. The van der Waals surface area contributed by atoms with Crippen LogP contribution in [0, 0.1) is 0 Å². The smallest absolute Gasteiger partial charge is 0.334 e. The number of urea groups is 1. The number of carbonyl (C=O) groups is 3. The molecule has 1 fully saturated rings. The van der Waals surface area contributed by atoms with E-state index in [-0.39, 0.29) is 25.0 Å². The van der Waals surface area contributed by atoms with E-state index < -0.39 is 6.17 Å². The summed E-state index contributed by atoms with van der Waals surface area (Å²) < 4.78 is 5.40. The lowest BCUT2D eigenvalue weighted by Gasteiger charge is -2.46. The quantitative estimate of drug-likeness (QED) is 0.444. The Morgan fingerprint density at radius 3 is 2.65 bits per heavy atom. The molecule has 1 aliphatic heterocycles. The van der Waals surface area contributed by atoms with E-state index in [0.717, 1.165) is 16.9 Å². The summed E-state index contributed by atoms with van der Waals surface area (Å²) in [6.45, 7) is 3.33. The molecule has 1 heterocycles. The van der Waals surface area contributed by atoms with E-state index in [1.807, 2.05) is 61.6 Å². The minimum atomic E-state index is -0.629. The first-order valence-electron chi connectivity index (χ1n) is 11.4. The SMILES string of the molecule is CCN(C)N(C(=O)NCc1ccccc1)C1CN(CC2=CC=CC=C(OC)C2)C(=O)CN1C=O. The minimum Gasteiger partial charge on any atom is -0.501 e. The molecule has 1 unspecified atom stereocenters. The van der Waals surface area contributed by atoms with Crippen molar-refractivity contribution in [2.24, 2.45) is 0 Å². The van der Waals surface area contributed by atoms with Gasteiger partial charge in [-0.2, -0.15) is 0 Å². The zero-order valence-electron chi connectivity index (χ0n) is 20.0. The average molecular weight is 468 g/mol. The maximum absolute atomic E-state index is 13.3. The largest absolute Gasteiger partial charge is 0.501 e. The van der Waals surface area contributed by atoms with Crippen LogP contribution in [0.4, 0.5) is 4.79 Å². The van der Waals surface area contributed by atoms with Crippen molar-refractivity contribution in [2.75, 3.05) is 40.3 Å². The van der Waals surface area contributed by atoms with Crippen molar-refractivity contribution in [3.05, 3.63) is 71.5 Å². The Balaban J connectivity index is 1.77. The number of hydrogen-bond donors (Lipinski definition) is 1. The van der Waals surface area contributed by atoms with Crippen LogP contribution in [-0.2, 0) is 20.9 Å². The number of piperazine rings is 1. The zero-order chi connectivity index (χ0) is 24.5. The van der Waals surface area contributed by atoms with Gasteiger partial charge in [0.2, 0.25) is 12.3 Å². The van der Waals surface area contributed by atoms with Gasteiger partial charge in [-0.1, -0.05) is 55.5 Å². The number of methoxy groups -OCH3 is 1. The number of ether oxygens (including phenoxy) is 1. The molecule has 9 nitrogen and oxygen atoms in total. The van der Waals surface area contributed by atoms with Gasteiger partial charge >= 0.3 is 6.03 Å². The molecule has 3 rings (SSSR count). The second-order valence-corrected chi connectivity index (χ2v) is 8.22. The van der Waals surface area contributed by atoms with Crippen molar-refractivity contribution in [3.63, 3.8) is 0 Å². The maximum atomic E-state index is 13.3. The molecule has 9 heteroatoms. The van der Waals surface area contributed by atoms with Gasteiger partial charge in [0.1, 0.15) is 12.7 Å². The van der Waals surface area contributed by atoms with Crippen LogP contribution in [-0.4, -0.2) is 84.7 Å². The highest BCUT2D eigenvalue weighted by Crippen LogP contribution is 2.21. The van der Waals surface area contributed by atoms with E-state index in [9.17, 15) is 14.4 Å². The highest BCUT2D eigenvalue weighted by atomic mass is 16.5. The van der Waals surface area contributed by atoms with Crippen molar-refractivity contribution < 1.29 is 19.1 Å². The van der Waals surface area contributed by atoms with E-state index in [0.29, 0.717) is 32.5 Å². The molecule has 1 aromatic carbocycles. The van der Waals surface area contributed by atoms with Crippen molar-refractivity contribution in [1.82, 2.24) is 25.1 Å². The van der Waals surface area contributed by atoms with Crippen LogP contribution in [0.1, 0.15) is 18.9 Å². The highest BCUT2D eigenvalue weighted by Gasteiger charge is 2.39. The molecule has 2 aliphatic rings. The number of rotatable bonds is 9. The molecule has 1 N–H and O–H groups in total. The molecule has 4 amide bonds. The molecule has 1 saturated heterocycles. The van der Waals surface area contributed by atoms with Crippen molar-refractivity contribution in [3.8, 4) is 0 Å². The number of nitrogens with zero attached hydrogens (tertiary/aromatic N) is 4.